The van der Waals surface area contributed by atoms with Gasteiger partial charge in [-0.3, -0.25) is 0 Å². The molecule has 0 rings (SSSR count). The van der Waals surface area contributed by atoms with Crippen molar-refractivity contribution in [2.75, 3.05) is 0 Å². The minimum absolute atomic E-state index is 0. The quantitative estimate of drug-likeness (QED) is 0.411. The molecule has 1 nitrogen and oxygen atoms in total. The fraction of sp³-hybridized carbons (Fsp3) is 0.800. The van der Waals surface area contributed by atoms with Gasteiger partial charge in [0.15, 0.2) is 0 Å². The Morgan fingerprint density at radius 2 is 2.14 bits per heavy atom. The van der Waals surface area contributed by atoms with E-state index in [1.54, 1.807) is 6.92 Å². The molecule has 7 heavy (non-hydrogen) atoms. The van der Waals surface area contributed by atoms with E-state index in [0.717, 1.165) is 12.8 Å². The number of hydrogen-bond donors (Lipinski definition) is 0. The Morgan fingerprint density at radius 3 is 2.14 bits per heavy atom. The maximum Gasteiger partial charge on any atom is 1.00 e. The van der Waals surface area contributed by atoms with Gasteiger partial charge in [-0.2, -0.15) is 0 Å². The van der Waals surface area contributed by atoms with Crippen molar-refractivity contribution in [3.05, 3.63) is 0 Å². The number of Topliss-reactive ketones (excluding diaryl/α,β-unsaturated/α-hetero) is 1. The van der Waals surface area contributed by atoms with E-state index in [4.69, 9.17) is 0 Å². The van der Waals surface area contributed by atoms with Crippen LogP contribution in [-0.4, -0.2) is 5.78 Å². The van der Waals surface area contributed by atoms with Gasteiger partial charge in [-0.05, 0) is 13.3 Å². The molecule has 0 saturated carbocycles. The fourth-order valence-corrected chi connectivity index (χ4v) is 0.352. The van der Waals surface area contributed by atoms with Crippen molar-refractivity contribution < 1.29 is 57.6 Å². The van der Waals surface area contributed by atoms with Crippen LogP contribution in [0, 0.1) is 0 Å². The first-order valence-corrected chi connectivity index (χ1v) is 2.26. The smallest absolute Gasteiger partial charge is 1.00 e. The van der Waals surface area contributed by atoms with Gasteiger partial charge in [0.05, 0.1) is 0 Å². The summed E-state index contributed by atoms with van der Waals surface area (Å²) in [7, 11) is 0. The van der Waals surface area contributed by atoms with Gasteiger partial charge in [-0.1, -0.05) is 6.92 Å². The summed E-state index contributed by atoms with van der Waals surface area (Å²) in [6.45, 7) is 3.62. The van der Waals surface area contributed by atoms with Crippen LogP contribution in [0.15, 0.2) is 0 Å². The minimum atomic E-state index is 0. The molecule has 0 atom stereocenters. The third kappa shape index (κ3) is 11.1. The topological polar surface area (TPSA) is 17.1 Å². The summed E-state index contributed by atoms with van der Waals surface area (Å²) in [4.78, 5) is 10.0. The molecular weight excluding hydrogens is 115 g/mol. The van der Waals surface area contributed by atoms with E-state index in [1.807, 2.05) is 6.92 Å². The summed E-state index contributed by atoms with van der Waals surface area (Å²) in [5.74, 6) is 0.289. The average Bonchev–Trinajstić information content (AvgIpc) is 1.35. The third-order valence-corrected chi connectivity index (χ3v) is 0.602. The molecule has 0 N–H and O–H groups in total. The van der Waals surface area contributed by atoms with Crippen LogP contribution in [0.25, 0.3) is 0 Å². The Kier molecular flexibility index (Phi) is 11.6. The molecule has 0 aromatic rings. The molecule has 0 aromatic carbocycles. The molecule has 2 heteroatoms. The van der Waals surface area contributed by atoms with Crippen LogP contribution in [0.5, 0.6) is 0 Å². The predicted octanol–water partition coefficient (Wildman–Crippen LogP) is -1.51. The number of ketones is 1. The largest absolute Gasteiger partial charge is 1.00 e. The molecule has 0 aromatic heterocycles. The second-order valence-corrected chi connectivity index (χ2v) is 1.45. The Morgan fingerprint density at radius 1 is 1.71 bits per heavy atom. The van der Waals surface area contributed by atoms with Gasteiger partial charge in [0.1, 0.15) is 5.78 Å². The average molecular weight is 126 g/mol. The van der Waals surface area contributed by atoms with E-state index < -0.39 is 0 Å². The summed E-state index contributed by atoms with van der Waals surface area (Å²) in [5.41, 5.74) is 0. The van der Waals surface area contributed by atoms with Gasteiger partial charge in [0, 0.05) is 6.42 Å². The normalized spacial score (nSPS) is 7.14. The maximum atomic E-state index is 10.0. The van der Waals surface area contributed by atoms with Gasteiger partial charge in [-0.15, -0.1) is 0 Å². The van der Waals surface area contributed by atoms with Crippen LogP contribution < -0.4 is 51.4 Å². The molecule has 38 valence electrons. The third-order valence-electron chi connectivity index (χ3n) is 0.602. The monoisotopic (exact) mass is 126 g/mol. The van der Waals surface area contributed by atoms with Crippen molar-refractivity contribution in [1.29, 1.82) is 0 Å². The summed E-state index contributed by atoms with van der Waals surface area (Å²) in [6.07, 6.45) is 1.72. The van der Waals surface area contributed by atoms with E-state index in [2.05, 4.69) is 0 Å². The second kappa shape index (κ2) is 7.31. The van der Waals surface area contributed by atoms with Crippen LogP contribution in [-0.2, 0) is 4.79 Å². The Labute approximate surface area is 88.8 Å². The van der Waals surface area contributed by atoms with Gasteiger partial charge in [0.2, 0.25) is 0 Å². The number of rotatable bonds is 2. The first-order chi connectivity index (χ1) is 2.77. The van der Waals surface area contributed by atoms with Crippen LogP contribution >= 0.6 is 0 Å². The summed E-state index contributed by atoms with van der Waals surface area (Å²) in [6, 6.07) is 0. The number of carbonyl (C=O) groups excluding carboxylic acids is 1. The van der Waals surface area contributed by atoms with E-state index in [-0.39, 0.29) is 58.6 Å². The Hall–Kier alpha value is 1.31. The van der Waals surface area contributed by atoms with Crippen LogP contribution in [0.3, 0.4) is 0 Å². The van der Waals surface area contributed by atoms with Crippen molar-refractivity contribution in [1.82, 2.24) is 0 Å². The van der Waals surface area contributed by atoms with E-state index in [1.165, 1.54) is 0 Å². The van der Waals surface area contributed by atoms with Crippen molar-refractivity contribution in [2.45, 2.75) is 26.7 Å². The first-order valence-electron chi connectivity index (χ1n) is 2.26. The van der Waals surface area contributed by atoms with Crippen molar-refractivity contribution >= 4 is 5.78 Å². The molecule has 0 radical (unpaired) electrons. The van der Waals surface area contributed by atoms with Gasteiger partial charge in [0.25, 0.3) is 0 Å². The molecule has 0 spiro atoms. The molecule has 0 amide bonds. The molecule has 0 aliphatic rings. The number of carbonyl (C=O) groups is 1. The van der Waals surface area contributed by atoms with Gasteiger partial charge >= 0.3 is 51.4 Å². The standard InChI is InChI=1S/C5H10O.K.H/c1-3-4-5(2)6;;/h3-4H2,1-2H3;;/q;+1;-1. The van der Waals surface area contributed by atoms with E-state index in [9.17, 15) is 4.79 Å². The van der Waals surface area contributed by atoms with Crippen LogP contribution in [0.4, 0.5) is 0 Å². The zero-order valence-corrected chi connectivity index (χ0v) is 8.45. The maximum absolute atomic E-state index is 10.0. The van der Waals surface area contributed by atoms with Crippen molar-refractivity contribution in [3.8, 4) is 0 Å². The summed E-state index contributed by atoms with van der Waals surface area (Å²) in [5, 5.41) is 0. The zero-order chi connectivity index (χ0) is 4.99. The van der Waals surface area contributed by atoms with Crippen LogP contribution in [0.1, 0.15) is 28.1 Å². The van der Waals surface area contributed by atoms with E-state index in [0.29, 0.717) is 0 Å². The zero-order valence-electron chi connectivity index (χ0n) is 6.32. The van der Waals surface area contributed by atoms with Crippen molar-refractivity contribution in [3.63, 3.8) is 0 Å². The summed E-state index contributed by atoms with van der Waals surface area (Å²) >= 11 is 0. The molecule has 0 saturated heterocycles. The van der Waals surface area contributed by atoms with Crippen LogP contribution in [0.2, 0.25) is 0 Å². The second-order valence-electron chi connectivity index (χ2n) is 1.45. The molecular formula is C5H11KO. The molecule has 0 unspecified atom stereocenters. The van der Waals surface area contributed by atoms with Crippen molar-refractivity contribution in [2.24, 2.45) is 0 Å². The fourth-order valence-electron chi connectivity index (χ4n) is 0.352. The molecule has 0 bridgehead atoms. The predicted molar refractivity (Wildman–Crippen MR) is 26.7 cm³/mol. The van der Waals surface area contributed by atoms with Gasteiger partial charge < -0.3 is 6.22 Å². The van der Waals surface area contributed by atoms with E-state index >= 15 is 0 Å². The minimum Gasteiger partial charge on any atom is -1.00 e. The Balaban J connectivity index is -0.000000125. The molecule has 0 heterocycles. The molecule has 0 aliphatic carbocycles. The summed E-state index contributed by atoms with van der Waals surface area (Å²) < 4.78 is 0. The Bertz CT molecular complexity index is 56.4. The first kappa shape index (κ1) is 11.1. The molecule has 0 aliphatic heterocycles. The number of hydrogen-bond acceptors (Lipinski definition) is 1. The SMILES string of the molecule is CCCC(C)=O.[H-].[K+]. The molecule has 0 fully saturated rings. The van der Waals surface area contributed by atoms with Gasteiger partial charge in [-0.25, -0.2) is 0 Å².